The molecule has 1 aliphatic carbocycles. The van der Waals surface area contributed by atoms with Gasteiger partial charge in [-0.1, -0.05) is 13.5 Å². The van der Waals surface area contributed by atoms with E-state index in [0.717, 1.165) is 35.9 Å². The first-order valence-corrected chi connectivity index (χ1v) is 8.82. The SMILES string of the molecule is C.CC(C)(O)CC(=O)Nc1nc2ccc(C(C)(C)O)cc2n1C1CCC1. The van der Waals surface area contributed by atoms with Crippen molar-refractivity contribution in [1.82, 2.24) is 9.55 Å². The lowest BCUT2D eigenvalue weighted by Gasteiger charge is -2.29. The first kappa shape index (κ1) is 20.4. The number of nitrogens with zero attached hydrogens (tertiary/aromatic N) is 2. The standard InChI is InChI=1S/C19H27N3O3.CH4/c1-18(2,24)11-16(23)21-17-20-14-9-8-12(19(3,4)25)10-15(14)22(17)13-6-5-7-13;/h8-10,13,24-25H,5-7,11H2,1-4H3,(H,20,21,23);1H4. The Kier molecular flexibility index (Phi) is 5.49. The van der Waals surface area contributed by atoms with E-state index in [4.69, 9.17) is 0 Å². The molecule has 1 aromatic carbocycles. The van der Waals surface area contributed by atoms with Crippen molar-refractivity contribution in [3.63, 3.8) is 0 Å². The fraction of sp³-hybridized carbons (Fsp3) is 0.600. The van der Waals surface area contributed by atoms with Crippen molar-refractivity contribution in [1.29, 1.82) is 0 Å². The lowest BCUT2D eigenvalue weighted by molar-refractivity contribution is -0.119. The van der Waals surface area contributed by atoms with Gasteiger partial charge in [0, 0.05) is 6.04 Å². The predicted molar refractivity (Wildman–Crippen MR) is 104 cm³/mol. The average Bonchev–Trinajstić information content (AvgIpc) is 2.71. The highest BCUT2D eigenvalue weighted by molar-refractivity contribution is 5.92. The van der Waals surface area contributed by atoms with Crippen LogP contribution in [0.25, 0.3) is 11.0 Å². The van der Waals surface area contributed by atoms with Gasteiger partial charge in [0.15, 0.2) is 0 Å². The zero-order valence-corrected chi connectivity index (χ0v) is 15.3. The summed E-state index contributed by atoms with van der Waals surface area (Å²) >= 11 is 0. The van der Waals surface area contributed by atoms with Crippen LogP contribution in [0.15, 0.2) is 18.2 Å². The average molecular weight is 361 g/mol. The van der Waals surface area contributed by atoms with Crippen LogP contribution in [0.2, 0.25) is 0 Å². The highest BCUT2D eigenvalue weighted by Gasteiger charge is 2.27. The van der Waals surface area contributed by atoms with Crippen LogP contribution in [-0.2, 0) is 10.4 Å². The van der Waals surface area contributed by atoms with E-state index in [1.807, 2.05) is 18.2 Å². The first-order chi connectivity index (χ1) is 11.5. The van der Waals surface area contributed by atoms with Crippen LogP contribution < -0.4 is 5.32 Å². The summed E-state index contributed by atoms with van der Waals surface area (Å²) in [7, 11) is 0. The van der Waals surface area contributed by atoms with Crippen molar-refractivity contribution in [2.45, 2.75) is 78.0 Å². The highest BCUT2D eigenvalue weighted by atomic mass is 16.3. The molecule has 26 heavy (non-hydrogen) atoms. The largest absolute Gasteiger partial charge is 0.390 e. The third-order valence-electron chi connectivity index (χ3n) is 4.68. The molecule has 1 aromatic heterocycles. The van der Waals surface area contributed by atoms with Crippen LogP contribution in [-0.4, -0.2) is 31.3 Å². The molecule has 144 valence electrons. The molecule has 0 atom stereocenters. The summed E-state index contributed by atoms with van der Waals surface area (Å²) in [6, 6.07) is 6.00. The molecule has 2 aromatic rings. The fourth-order valence-electron chi connectivity index (χ4n) is 3.14. The Morgan fingerprint density at radius 2 is 1.92 bits per heavy atom. The van der Waals surface area contributed by atoms with Crippen molar-refractivity contribution in [3.05, 3.63) is 23.8 Å². The Morgan fingerprint density at radius 3 is 2.42 bits per heavy atom. The van der Waals surface area contributed by atoms with Crippen LogP contribution >= 0.6 is 0 Å². The molecule has 0 unspecified atom stereocenters. The number of hydrogen-bond acceptors (Lipinski definition) is 4. The summed E-state index contributed by atoms with van der Waals surface area (Å²) in [4.78, 5) is 16.8. The summed E-state index contributed by atoms with van der Waals surface area (Å²) < 4.78 is 2.07. The van der Waals surface area contributed by atoms with E-state index in [9.17, 15) is 15.0 Å². The second kappa shape index (κ2) is 7.00. The Hall–Kier alpha value is -1.92. The topological polar surface area (TPSA) is 87.4 Å². The van der Waals surface area contributed by atoms with Crippen molar-refractivity contribution in [3.8, 4) is 0 Å². The third-order valence-corrected chi connectivity index (χ3v) is 4.68. The van der Waals surface area contributed by atoms with Gasteiger partial charge in [-0.05, 0) is 64.7 Å². The second-order valence-corrected chi connectivity index (χ2v) is 8.19. The molecule has 1 saturated carbocycles. The fourth-order valence-corrected chi connectivity index (χ4v) is 3.14. The molecule has 0 aliphatic heterocycles. The number of carbonyl (C=O) groups excluding carboxylic acids is 1. The molecule has 0 radical (unpaired) electrons. The van der Waals surface area contributed by atoms with Gasteiger partial charge < -0.3 is 14.8 Å². The van der Waals surface area contributed by atoms with Gasteiger partial charge in [0.1, 0.15) is 0 Å². The maximum atomic E-state index is 12.2. The lowest BCUT2D eigenvalue weighted by Crippen LogP contribution is -2.29. The van der Waals surface area contributed by atoms with E-state index in [-0.39, 0.29) is 19.8 Å². The molecule has 1 heterocycles. The number of fused-ring (bicyclic) bond motifs is 1. The van der Waals surface area contributed by atoms with E-state index in [1.54, 1.807) is 27.7 Å². The third kappa shape index (κ3) is 4.24. The van der Waals surface area contributed by atoms with Crippen LogP contribution in [0.1, 0.15) is 72.4 Å². The van der Waals surface area contributed by atoms with Gasteiger partial charge >= 0.3 is 0 Å². The van der Waals surface area contributed by atoms with E-state index >= 15 is 0 Å². The number of imidazole rings is 1. The molecular weight excluding hydrogens is 330 g/mol. The lowest BCUT2D eigenvalue weighted by atomic mass is 9.92. The van der Waals surface area contributed by atoms with Gasteiger partial charge in [-0.15, -0.1) is 0 Å². The van der Waals surface area contributed by atoms with Crippen LogP contribution in [0.5, 0.6) is 0 Å². The number of aliphatic hydroxyl groups is 2. The molecule has 3 N–H and O–H groups in total. The minimum atomic E-state index is -1.06. The number of amides is 1. The number of nitrogens with one attached hydrogen (secondary N) is 1. The molecule has 0 saturated heterocycles. The zero-order valence-electron chi connectivity index (χ0n) is 15.3. The Labute approximate surface area is 155 Å². The van der Waals surface area contributed by atoms with Crippen molar-refractivity contribution in [2.75, 3.05) is 5.32 Å². The van der Waals surface area contributed by atoms with Gasteiger partial charge in [0.05, 0.1) is 28.7 Å². The summed E-state index contributed by atoms with van der Waals surface area (Å²) in [6.07, 6.45) is 3.27. The van der Waals surface area contributed by atoms with Gasteiger partial charge in [0.2, 0.25) is 11.9 Å². The molecule has 1 fully saturated rings. The smallest absolute Gasteiger partial charge is 0.229 e. The number of aromatic nitrogens is 2. The minimum absolute atomic E-state index is 0. The number of anilines is 1. The minimum Gasteiger partial charge on any atom is -0.390 e. The normalized spacial score (nSPS) is 15.5. The summed E-state index contributed by atoms with van der Waals surface area (Å²) in [5.41, 5.74) is 0.523. The molecule has 1 aliphatic rings. The van der Waals surface area contributed by atoms with Crippen LogP contribution in [0.4, 0.5) is 5.95 Å². The number of rotatable bonds is 5. The maximum absolute atomic E-state index is 12.2. The van der Waals surface area contributed by atoms with E-state index < -0.39 is 11.2 Å². The highest BCUT2D eigenvalue weighted by Crippen LogP contribution is 2.38. The Bertz CT molecular complexity index is 793. The summed E-state index contributed by atoms with van der Waals surface area (Å²) in [6.45, 7) is 6.72. The predicted octanol–water partition coefficient (Wildman–Crippen LogP) is 3.72. The Balaban J connectivity index is 0.00000243. The number of hydrogen-bond donors (Lipinski definition) is 3. The maximum Gasteiger partial charge on any atom is 0.229 e. The second-order valence-electron chi connectivity index (χ2n) is 8.19. The quantitative estimate of drug-likeness (QED) is 0.757. The molecule has 0 spiro atoms. The molecular formula is C20H31N3O3. The molecule has 3 rings (SSSR count). The Morgan fingerprint density at radius 1 is 1.27 bits per heavy atom. The first-order valence-electron chi connectivity index (χ1n) is 8.82. The van der Waals surface area contributed by atoms with E-state index in [1.165, 1.54) is 0 Å². The van der Waals surface area contributed by atoms with Gasteiger partial charge in [-0.2, -0.15) is 0 Å². The van der Waals surface area contributed by atoms with Crippen LogP contribution in [0, 0.1) is 0 Å². The van der Waals surface area contributed by atoms with Crippen molar-refractivity contribution >= 4 is 22.9 Å². The summed E-state index contributed by atoms with van der Waals surface area (Å²) in [5, 5.41) is 23.0. The van der Waals surface area contributed by atoms with Crippen molar-refractivity contribution < 1.29 is 15.0 Å². The van der Waals surface area contributed by atoms with Gasteiger partial charge in [-0.25, -0.2) is 4.98 Å². The van der Waals surface area contributed by atoms with Gasteiger partial charge in [0.25, 0.3) is 0 Å². The number of benzene rings is 1. The monoisotopic (exact) mass is 361 g/mol. The number of carbonyl (C=O) groups is 1. The van der Waals surface area contributed by atoms with E-state index in [2.05, 4.69) is 14.9 Å². The van der Waals surface area contributed by atoms with Crippen LogP contribution in [0.3, 0.4) is 0 Å². The van der Waals surface area contributed by atoms with Gasteiger partial charge in [-0.3, -0.25) is 10.1 Å². The zero-order chi connectivity index (χ0) is 18.4. The molecule has 6 heteroatoms. The molecule has 1 amide bonds. The molecule has 6 nitrogen and oxygen atoms in total. The van der Waals surface area contributed by atoms with E-state index in [0.29, 0.717) is 12.0 Å². The summed E-state index contributed by atoms with van der Waals surface area (Å²) in [5.74, 6) is 0.257. The molecule has 0 bridgehead atoms. The van der Waals surface area contributed by atoms with Crippen molar-refractivity contribution in [2.24, 2.45) is 0 Å².